The van der Waals surface area contributed by atoms with Gasteiger partial charge < -0.3 is 20.5 Å². The third-order valence-corrected chi connectivity index (χ3v) is 5.90. The van der Waals surface area contributed by atoms with Crippen LogP contribution in [0.2, 0.25) is 0 Å². The number of pyridine rings is 1. The molecule has 0 aliphatic heterocycles. The van der Waals surface area contributed by atoms with Crippen molar-refractivity contribution >= 4 is 28.1 Å². The zero-order valence-electron chi connectivity index (χ0n) is 18.6. The lowest BCUT2D eigenvalue weighted by molar-refractivity contribution is 0.211. The van der Waals surface area contributed by atoms with E-state index in [1.807, 2.05) is 55.5 Å². The molecule has 1 saturated carbocycles. The van der Waals surface area contributed by atoms with Gasteiger partial charge in [-0.25, -0.2) is 9.97 Å². The zero-order valence-corrected chi connectivity index (χ0v) is 18.6. The van der Waals surface area contributed by atoms with Gasteiger partial charge in [0.2, 0.25) is 0 Å². The second-order valence-electron chi connectivity index (χ2n) is 8.37. The van der Waals surface area contributed by atoms with Gasteiger partial charge in [-0.15, -0.1) is 0 Å². The van der Waals surface area contributed by atoms with E-state index in [0.717, 1.165) is 46.4 Å². The van der Waals surface area contributed by atoms with Crippen molar-refractivity contribution in [2.75, 3.05) is 11.1 Å². The van der Waals surface area contributed by atoms with Gasteiger partial charge in [0.05, 0.1) is 23.0 Å². The highest BCUT2D eigenvalue weighted by Gasteiger charge is 2.18. The molecule has 3 N–H and O–H groups in total. The van der Waals surface area contributed by atoms with Crippen molar-refractivity contribution in [1.82, 2.24) is 15.0 Å². The molecule has 2 heterocycles. The van der Waals surface area contributed by atoms with Crippen molar-refractivity contribution < 1.29 is 9.47 Å². The number of aryl methyl sites for hydroxylation is 1. The van der Waals surface area contributed by atoms with E-state index in [1.165, 1.54) is 12.8 Å². The fraction of sp³-hybridized carbons (Fsp3) is 0.269. The molecule has 0 radical (unpaired) electrons. The predicted octanol–water partition coefficient (Wildman–Crippen LogP) is 5.56. The molecule has 5 rings (SSSR count). The summed E-state index contributed by atoms with van der Waals surface area (Å²) >= 11 is 0. The molecule has 0 spiro atoms. The Hall–Kier alpha value is -3.87. The predicted molar refractivity (Wildman–Crippen MR) is 130 cm³/mol. The highest BCUT2D eigenvalue weighted by molar-refractivity contribution is 5.94. The summed E-state index contributed by atoms with van der Waals surface area (Å²) in [6.07, 6.45) is 8.13. The number of hydrogen-bond donors (Lipinski definition) is 2. The van der Waals surface area contributed by atoms with Crippen molar-refractivity contribution in [2.24, 2.45) is 0 Å². The number of ether oxygens (including phenoxy) is 2. The maximum absolute atomic E-state index is 6.32. The van der Waals surface area contributed by atoms with Gasteiger partial charge in [0.25, 0.3) is 0 Å². The first-order chi connectivity index (χ1) is 16.2. The molecular formula is C26H27N5O2. The summed E-state index contributed by atoms with van der Waals surface area (Å²) in [4.78, 5) is 13.2. The summed E-state index contributed by atoms with van der Waals surface area (Å²) < 4.78 is 12.1. The van der Waals surface area contributed by atoms with Crippen molar-refractivity contribution in [3.63, 3.8) is 0 Å². The normalized spacial score (nSPS) is 13.8. The van der Waals surface area contributed by atoms with Gasteiger partial charge in [0.15, 0.2) is 0 Å². The number of nitrogens with one attached hydrogen (secondary N) is 1. The summed E-state index contributed by atoms with van der Waals surface area (Å²) in [6.45, 7) is 2.44. The Balaban J connectivity index is 1.34. The maximum atomic E-state index is 6.32. The monoisotopic (exact) mass is 441 g/mol. The van der Waals surface area contributed by atoms with Crippen LogP contribution in [0.15, 0.2) is 61.1 Å². The van der Waals surface area contributed by atoms with Gasteiger partial charge in [0, 0.05) is 23.3 Å². The van der Waals surface area contributed by atoms with Crippen LogP contribution in [0.5, 0.6) is 11.5 Å². The minimum absolute atomic E-state index is 0.241. The second kappa shape index (κ2) is 9.32. The third-order valence-electron chi connectivity index (χ3n) is 5.90. The number of benzene rings is 2. The Labute approximate surface area is 193 Å². The lowest BCUT2D eigenvalue weighted by Crippen LogP contribution is -2.12. The Morgan fingerprint density at radius 1 is 1.00 bits per heavy atom. The number of fused-ring (bicyclic) bond motifs is 1. The second-order valence-corrected chi connectivity index (χ2v) is 8.37. The SMILES string of the molecule is Cc1cc(Nc2ncnc3cc(OC4CCCC4)c(N)cc23)ccc1OCc1ccccn1. The van der Waals surface area contributed by atoms with Crippen molar-refractivity contribution in [2.45, 2.75) is 45.3 Å². The lowest BCUT2D eigenvalue weighted by atomic mass is 10.1. The van der Waals surface area contributed by atoms with Crippen LogP contribution in [0.25, 0.3) is 10.9 Å². The molecule has 0 bridgehead atoms. The first-order valence-electron chi connectivity index (χ1n) is 11.3. The molecule has 33 heavy (non-hydrogen) atoms. The van der Waals surface area contributed by atoms with Gasteiger partial charge in [-0.3, -0.25) is 4.98 Å². The van der Waals surface area contributed by atoms with Crippen molar-refractivity contribution in [3.05, 3.63) is 72.3 Å². The minimum Gasteiger partial charge on any atom is -0.488 e. The average molecular weight is 442 g/mol. The van der Waals surface area contributed by atoms with Gasteiger partial charge in [-0.2, -0.15) is 0 Å². The Morgan fingerprint density at radius 2 is 1.88 bits per heavy atom. The van der Waals surface area contributed by atoms with E-state index >= 15 is 0 Å². The van der Waals surface area contributed by atoms with Crippen molar-refractivity contribution in [3.8, 4) is 11.5 Å². The zero-order chi connectivity index (χ0) is 22.6. The average Bonchev–Trinajstić information content (AvgIpc) is 3.33. The van der Waals surface area contributed by atoms with Crippen LogP contribution in [-0.2, 0) is 6.61 Å². The van der Waals surface area contributed by atoms with E-state index in [0.29, 0.717) is 23.9 Å². The van der Waals surface area contributed by atoms with Crippen LogP contribution in [0.1, 0.15) is 36.9 Å². The molecule has 1 fully saturated rings. The number of nitrogens with zero attached hydrogens (tertiary/aromatic N) is 3. The molecule has 2 aromatic carbocycles. The number of aromatic nitrogens is 3. The molecule has 0 unspecified atom stereocenters. The smallest absolute Gasteiger partial charge is 0.144 e. The minimum atomic E-state index is 0.241. The van der Waals surface area contributed by atoms with E-state index in [-0.39, 0.29) is 6.10 Å². The van der Waals surface area contributed by atoms with E-state index in [4.69, 9.17) is 15.2 Å². The number of nitrogens with two attached hydrogens (primary N) is 1. The maximum Gasteiger partial charge on any atom is 0.144 e. The first-order valence-corrected chi connectivity index (χ1v) is 11.3. The Morgan fingerprint density at radius 3 is 2.67 bits per heavy atom. The number of anilines is 3. The van der Waals surface area contributed by atoms with Gasteiger partial charge in [-0.1, -0.05) is 6.07 Å². The van der Waals surface area contributed by atoms with E-state index < -0.39 is 0 Å². The largest absolute Gasteiger partial charge is 0.488 e. The fourth-order valence-electron chi connectivity index (χ4n) is 4.15. The lowest BCUT2D eigenvalue weighted by Gasteiger charge is -2.16. The van der Waals surface area contributed by atoms with Crippen LogP contribution in [0.4, 0.5) is 17.2 Å². The first kappa shape index (κ1) is 21.0. The summed E-state index contributed by atoms with van der Waals surface area (Å²) in [5.74, 6) is 2.21. The molecule has 2 aromatic heterocycles. The topological polar surface area (TPSA) is 95.2 Å². The molecular weight excluding hydrogens is 414 g/mol. The number of rotatable bonds is 7. The highest BCUT2D eigenvalue weighted by atomic mass is 16.5. The third kappa shape index (κ3) is 4.82. The highest BCUT2D eigenvalue weighted by Crippen LogP contribution is 2.34. The molecule has 4 aromatic rings. The van der Waals surface area contributed by atoms with Crippen LogP contribution in [0.3, 0.4) is 0 Å². The van der Waals surface area contributed by atoms with E-state index in [1.54, 1.807) is 12.5 Å². The molecule has 0 amide bonds. The van der Waals surface area contributed by atoms with Gasteiger partial charge >= 0.3 is 0 Å². The van der Waals surface area contributed by atoms with Gasteiger partial charge in [-0.05, 0) is 74.6 Å². The van der Waals surface area contributed by atoms with Crippen LogP contribution in [0, 0.1) is 6.92 Å². The Bertz CT molecular complexity index is 1260. The molecule has 0 atom stereocenters. The molecule has 7 nitrogen and oxygen atoms in total. The van der Waals surface area contributed by atoms with Crippen LogP contribution in [-0.4, -0.2) is 21.1 Å². The summed E-state index contributed by atoms with van der Waals surface area (Å²) in [5.41, 5.74) is 10.5. The van der Waals surface area contributed by atoms with E-state index in [9.17, 15) is 0 Å². The number of hydrogen-bond acceptors (Lipinski definition) is 7. The fourth-order valence-corrected chi connectivity index (χ4v) is 4.15. The summed E-state index contributed by atoms with van der Waals surface area (Å²) in [5, 5.41) is 4.24. The molecule has 0 saturated heterocycles. The summed E-state index contributed by atoms with van der Waals surface area (Å²) in [6, 6.07) is 15.5. The molecule has 1 aliphatic rings. The quantitative estimate of drug-likeness (QED) is 0.363. The Kier molecular flexibility index (Phi) is 5.93. The van der Waals surface area contributed by atoms with E-state index in [2.05, 4.69) is 20.3 Å². The van der Waals surface area contributed by atoms with Crippen LogP contribution < -0.4 is 20.5 Å². The van der Waals surface area contributed by atoms with Gasteiger partial charge in [0.1, 0.15) is 30.3 Å². The molecule has 1 aliphatic carbocycles. The standard InChI is InChI=1S/C26H27N5O2/c1-17-12-18(9-10-24(17)32-15-19-6-4-5-11-28-19)31-26-21-13-22(27)25(14-23(21)29-16-30-26)33-20-7-2-3-8-20/h4-6,9-14,16,20H,2-3,7-8,15,27H2,1H3,(H,29,30,31). The molecule has 7 heteroatoms. The van der Waals surface area contributed by atoms with Crippen LogP contribution >= 0.6 is 0 Å². The number of nitrogen functional groups attached to an aromatic ring is 1. The summed E-state index contributed by atoms with van der Waals surface area (Å²) in [7, 11) is 0. The molecule has 168 valence electrons. The van der Waals surface area contributed by atoms with Crippen molar-refractivity contribution in [1.29, 1.82) is 0 Å².